The number of hydrogen-bond acceptors (Lipinski definition) is 4. The van der Waals surface area contributed by atoms with E-state index >= 15 is 0 Å². The molecule has 0 aromatic heterocycles. The lowest BCUT2D eigenvalue weighted by Gasteiger charge is -2.24. The Labute approximate surface area is 141 Å². The first-order valence-corrected chi connectivity index (χ1v) is 9.54. The van der Waals surface area contributed by atoms with Gasteiger partial charge in [0.25, 0.3) is 0 Å². The number of rotatable bonds is 3. The summed E-state index contributed by atoms with van der Waals surface area (Å²) in [6, 6.07) is 5.77. The highest BCUT2D eigenvalue weighted by Gasteiger charge is 2.31. The van der Waals surface area contributed by atoms with Crippen molar-refractivity contribution in [2.24, 2.45) is 0 Å². The molecule has 2 unspecified atom stereocenters. The van der Waals surface area contributed by atoms with Gasteiger partial charge in [-0.1, -0.05) is 17.2 Å². The number of carbonyl (C=O) groups is 1. The fraction of sp³-hybridized carbons (Fsp3) is 0.588. The molecule has 2 rings (SSSR count). The Morgan fingerprint density at radius 1 is 1.48 bits per heavy atom. The molecule has 0 saturated carbocycles. The van der Waals surface area contributed by atoms with Crippen LogP contribution in [0.1, 0.15) is 44.2 Å². The number of amides is 1. The second kappa shape index (κ2) is 7.01. The molecule has 5 nitrogen and oxygen atoms in total. The summed E-state index contributed by atoms with van der Waals surface area (Å²) in [4.78, 5) is 13.9. The SMILES string of the molecule is C[S+]([O-])Cc1cc(N)ccc1C1CCN(C(=O)OC(C)(C)C)C1. The molecule has 1 amide bonds. The number of nitrogen functional groups attached to an aromatic ring is 1. The molecule has 1 aliphatic rings. The monoisotopic (exact) mass is 338 g/mol. The van der Waals surface area contributed by atoms with Gasteiger partial charge in [-0.2, -0.15) is 0 Å². The van der Waals surface area contributed by atoms with Gasteiger partial charge in [-0.05, 0) is 44.9 Å². The summed E-state index contributed by atoms with van der Waals surface area (Å²) in [6.07, 6.45) is 2.30. The first kappa shape index (κ1) is 17.9. The normalized spacial score (nSPS) is 19.7. The summed E-state index contributed by atoms with van der Waals surface area (Å²) in [7, 11) is 0. The van der Waals surface area contributed by atoms with Crippen LogP contribution in [0.5, 0.6) is 0 Å². The number of anilines is 1. The van der Waals surface area contributed by atoms with Crippen molar-refractivity contribution in [1.82, 2.24) is 4.90 Å². The van der Waals surface area contributed by atoms with Crippen molar-refractivity contribution in [2.45, 2.75) is 44.5 Å². The van der Waals surface area contributed by atoms with Gasteiger partial charge in [0.05, 0.1) is 6.26 Å². The van der Waals surface area contributed by atoms with Crippen LogP contribution in [-0.2, 0) is 21.7 Å². The molecule has 1 fully saturated rings. The van der Waals surface area contributed by atoms with E-state index < -0.39 is 16.8 Å². The zero-order valence-electron chi connectivity index (χ0n) is 14.3. The number of likely N-dealkylation sites (tertiary alicyclic amines) is 1. The zero-order valence-corrected chi connectivity index (χ0v) is 15.1. The van der Waals surface area contributed by atoms with E-state index in [1.54, 1.807) is 11.2 Å². The number of hydrogen-bond donors (Lipinski definition) is 1. The lowest BCUT2D eigenvalue weighted by Crippen LogP contribution is -2.35. The molecular weight excluding hydrogens is 312 g/mol. The second-order valence-corrected chi connectivity index (χ2v) is 8.52. The Hall–Kier alpha value is -1.40. The molecule has 0 radical (unpaired) electrons. The summed E-state index contributed by atoms with van der Waals surface area (Å²) in [5.74, 6) is 0.727. The van der Waals surface area contributed by atoms with Crippen LogP contribution in [0.4, 0.5) is 10.5 Å². The fourth-order valence-electron chi connectivity index (χ4n) is 2.87. The molecule has 1 aliphatic heterocycles. The Bertz CT molecular complexity index is 569. The van der Waals surface area contributed by atoms with E-state index in [4.69, 9.17) is 10.5 Å². The summed E-state index contributed by atoms with van der Waals surface area (Å²) in [6.45, 7) is 6.91. The van der Waals surface area contributed by atoms with Crippen molar-refractivity contribution in [3.05, 3.63) is 29.3 Å². The minimum absolute atomic E-state index is 0.238. The van der Waals surface area contributed by atoms with Crippen LogP contribution in [0, 0.1) is 0 Å². The maximum atomic E-state index is 12.2. The third kappa shape index (κ3) is 5.04. The fourth-order valence-corrected chi connectivity index (χ4v) is 3.56. The lowest BCUT2D eigenvalue weighted by molar-refractivity contribution is 0.0292. The van der Waals surface area contributed by atoms with E-state index in [0.29, 0.717) is 24.5 Å². The van der Waals surface area contributed by atoms with Gasteiger partial charge in [0.1, 0.15) is 11.4 Å². The number of ether oxygens (including phenoxy) is 1. The van der Waals surface area contributed by atoms with Crippen molar-refractivity contribution in [3.8, 4) is 0 Å². The quantitative estimate of drug-likeness (QED) is 0.679. The van der Waals surface area contributed by atoms with Gasteiger partial charge in [0.2, 0.25) is 0 Å². The van der Waals surface area contributed by atoms with Crippen LogP contribution in [0.25, 0.3) is 0 Å². The standard InChI is InChI=1S/C17H26N2O3S/c1-17(2,3)22-16(20)19-8-7-12(10-19)15-6-5-14(18)9-13(15)11-23(4)21/h5-6,9,12H,7-8,10-11,18H2,1-4H3. The largest absolute Gasteiger partial charge is 0.616 e. The van der Waals surface area contributed by atoms with Crippen LogP contribution in [-0.4, -0.2) is 40.5 Å². The Balaban J connectivity index is 2.11. The Kier molecular flexibility index (Phi) is 5.47. The first-order valence-electron chi connectivity index (χ1n) is 7.82. The predicted molar refractivity (Wildman–Crippen MR) is 93.8 cm³/mol. The third-order valence-electron chi connectivity index (χ3n) is 3.81. The highest BCUT2D eigenvalue weighted by atomic mass is 32.2. The van der Waals surface area contributed by atoms with E-state index in [-0.39, 0.29) is 12.0 Å². The minimum Gasteiger partial charge on any atom is -0.616 e. The molecule has 6 heteroatoms. The van der Waals surface area contributed by atoms with E-state index in [1.807, 2.05) is 39.0 Å². The van der Waals surface area contributed by atoms with E-state index in [9.17, 15) is 9.35 Å². The first-order chi connectivity index (χ1) is 10.7. The summed E-state index contributed by atoms with van der Waals surface area (Å²) in [5.41, 5.74) is 8.21. The molecule has 0 bridgehead atoms. The smallest absolute Gasteiger partial charge is 0.410 e. The van der Waals surface area contributed by atoms with Crippen molar-refractivity contribution < 1.29 is 14.1 Å². The molecule has 1 heterocycles. The van der Waals surface area contributed by atoms with Crippen LogP contribution in [0.2, 0.25) is 0 Å². The van der Waals surface area contributed by atoms with Crippen molar-refractivity contribution in [2.75, 3.05) is 25.1 Å². The van der Waals surface area contributed by atoms with Gasteiger partial charge in [-0.15, -0.1) is 0 Å². The maximum absolute atomic E-state index is 12.2. The van der Waals surface area contributed by atoms with Gasteiger partial charge in [0, 0.05) is 30.3 Å². The third-order valence-corrected chi connectivity index (χ3v) is 4.52. The molecule has 128 valence electrons. The molecule has 2 atom stereocenters. The van der Waals surface area contributed by atoms with E-state index in [1.165, 1.54) is 0 Å². The Morgan fingerprint density at radius 2 is 2.17 bits per heavy atom. The van der Waals surface area contributed by atoms with Crippen LogP contribution in [0.15, 0.2) is 18.2 Å². The molecule has 2 N–H and O–H groups in total. The van der Waals surface area contributed by atoms with Crippen LogP contribution < -0.4 is 5.73 Å². The maximum Gasteiger partial charge on any atom is 0.410 e. The highest BCUT2D eigenvalue weighted by molar-refractivity contribution is 7.89. The Morgan fingerprint density at radius 3 is 2.78 bits per heavy atom. The van der Waals surface area contributed by atoms with Crippen molar-refractivity contribution in [3.63, 3.8) is 0 Å². The van der Waals surface area contributed by atoms with Crippen LogP contribution >= 0.6 is 0 Å². The van der Waals surface area contributed by atoms with Gasteiger partial charge in [-0.3, -0.25) is 0 Å². The number of nitrogens with two attached hydrogens (primary N) is 1. The summed E-state index contributed by atoms with van der Waals surface area (Å²) in [5, 5.41) is 0. The van der Waals surface area contributed by atoms with Crippen molar-refractivity contribution in [1.29, 1.82) is 0 Å². The predicted octanol–water partition coefficient (Wildman–Crippen LogP) is 2.87. The van der Waals surface area contributed by atoms with E-state index in [0.717, 1.165) is 17.5 Å². The molecule has 1 saturated heterocycles. The molecule has 0 spiro atoms. The molecule has 1 aromatic rings. The topological polar surface area (TPSA) is 78.6 Å². The molecule has 1 aromatic carbocycles. The number of carbonyl (C=O) groups excluding carboxylic acids is 1. The summed E-state index contributed by atoms with van der Waals surface area (Å²) < 4.78 is 17.0. The minimum atomic E-state index is -0.927. The van der Waals surface area contributed by atoms with Crippen molar-refractivity contribution >= 4 is 23.0 Å². The average molecular weight is 338 g/mol. The lowest BCUT2D eigenvalue weighted by atomic mass is 9.94. The molecular formula is C17H26N2O3S. The van der Waals surface area contributed by atoms with Gasteiger partial charge in [0.15, 0.2) is 0 Å². The molecule has 0 aliphatic carbocycles. The number of benzene rings is 1. The van der Waals surface area contributed by atoms with Gasteiger partial charge < -0.3 is 19.9 Å². The van der Waals surface area contributed by atoms with Gasteiger partial charge in [-0.25, -0.2) is 4.79 Å². The van der Waals surface area contributed by atoms with Gasteiger partial charge >= 0.3 is 6.09 Å². The summed E-state index contributed by atoms with van der Waals surface area (Å²) >= 11 is -0.927. The van der Waals surface area contributed by atoms with E-state index in [2.05, 4.69) is 0 Å². The van der Waals surface area contributed by atoms with Crippen LogP contribution in [0.3, 0.4) is 0 Å². The highest BCUT2D eigenvalue weighted by Crippen LogP contribution is 2.32. The zero-order chi connectivity index (χ0) is 17.2. The second-order valence-electron chi connectivity index (χ2n) is 7.09. The number of nitrogens with zero attached hydrogens (tertiary/aromatic N) is 1. The average Bonchev–Trinajstić information content (AvgIpc) is 2.85. The molecule has 23 heavy (non-hydrogen) atoms.